The fourth-order valence-electron chi connectivity index (χ4n) is 5.47. The molecule has 18 heteroatoms. The molecule has 0 spiro atoms. The lowest BCUT2D eigenvalue weighted by Gasteiger charge is -2.46. The summed E-state index contributed by atoms with van der Waals surface area (Å²) in [6.45, 7) is 8.50. The summed E-state index contributed by atoms with van der Waals surface area (Å²) in [5, 5.41) is 3.09. The van der Waals surface area contributed by atoms with Gasteiger partial charge in [0.2, 0.25) is 0 Å². The van der Waals surface area contributed by atoms with Crippen LogP contribution in [0.15, 0.2) is 24.3 Å². The Morgan fingerprint density at radius 2 is 0.941 bits per heavy atom. The molecule has 1 N–H and O–H groups in total. The van der Waals surface area contributed by atoms with Gasteiger partial charge < -0.3 is 52.7 Å². The first-order chi connectivity index (χ1) is 23.9. The summed E-state index contributed by atoms with van der Waals surface area (Å²) in [6, 6.07) is 7.07. The Hall–Kier alpha value is -4.81. The standard InChI is InChI=1S/C33H43NO17/c1-15-9-11-23(12-10-15)34-32-30(48-21(7)40)28(46-19(5)38)26(44-17(3)36)24(50-32)14-43-33-31(49-22(8)41)29(47-20(6)39)27(45-18(4)37)25(51-33)13-42-16(2)35/h9-12,24-34H,13-14H2,1-8H3/t24-,25-,26-,27+,28+,29+,30-,31-,32?,33+/m1/s1. The summed E-state index contributed by atoms with van der Waals surface area (Å²) < 4.78 is 56.4. The summed E-state index contributed by atoms with van der Waals surface area (Å²) >= 11 is 0. The molecule has 0 aromatic heterocycles. The van der Waals surface area contributed by atoms with Crippen LogP contribution in [0.5, 0.6) is 0 Å². The van der Waals surface area contributed by atoms with Crippen LogP contribution in [-0.2, 0) is 80.9 Å². The number of benzene rings is 1. The van der Waals surface area contributed by atoms with Gasteiger partial charge in [-0.2, -0.15) is 0 Å². The molecule has 2 fully saturated rings. The molecule has 3 rings (SSSR count). The molecule has 10 atom stereocenters. The Bertz CT molecular complexity index is 1430. The van der Waals surface area contributed by atoms with Crippen molar-refractivity contribution in [3.05, 3.63) is 29.8 Å². The normalized spacial score (nSPS) is 28.6. The SMILES string of the molecule is CC(=O)OC[C@H]1O[C@H](OC[C@H]2OC(Nc3ccc(C)cc3)[C@H](OC(C)=O)[C@@H](OC(C)=O)[C@@H]2OC(C)=O)[C@H](OC(C)=O)[C@@H](OC(C)=O)[C@H]1OC(C)=O. The van der Waals surface area contributed by atoms with Crippen molar-refractivity contribution in [2.75, 3.05) is 18.5 Å². The zero-order valence-corrected chi connectivity index (χ0v) is 29.4. The van der Waals surface area contributed by atoms with E-state index in [-0.39, 0.29) is 0 Å². The van der Waals surface area contributed by atoms with Crippen molar-refractivity contribution in [3.63, 3.8) is 0 Å². The van der Waals surface area contributed by atoms with Crippen LogP contribution in [0.4, 0.5) is 5.69 Å². The molecule has 2 heterocycles. The van der Waals surface area contributed by atoms with Crippen molar-refractivity contribution in [2.24, 2.45) is 0 Å². The number of anilines is 1. The molecular formula is C33H43NO17. The first-order valence-corrected chi connectivity index (χ1v) is 15.9. The molecule has 2 aliphatic heterocycles. The first kappa shape index (κ1) is 40.6. The van der Waals surface area contributed by atoms with Gasteiger partial charge in [-0.3, -0.25) is 33.6 Å². The van der Waals surface area contributed by atoms with Crippen molar-refractivity contribution in [3.8, 4) is 0 Å². The highest BCUT2D eigenvalue weighted by Gasteiger charge is 2.55. The molecule has 0 radical (unpaired) electrons. The number of aryl methyl sites for hydroxylation is 1. The molecule has 2 saturated heterocycles. The van der Waals surface area contributed by atoms with Gasteiger partial charge in [-0.05, 0) is 19.1 Å². The predicted octanol–water partition coefficient (Wildman–Crippen LogP) is 1.03. The smallest absolute Gasteiger partial charge is 0.303 e. The Kier molecular flexibility index (Phi) is 14.7. The minimum atomic E-state index is -1.62. The zero-order valence-electron chi connectivity index (χ0n) is 29.4. The van der Waals surface area contributed by atoms with Crippen molar-refractivity contribution in [1.29, 1.82) is 0 Å². The summed E-state index contributed by atoms with van der Waals surface area (Å²) in [6.07, 6.45) is -14.2. The van der Waals surface area contributed by atoms with Gasteiger partial charge in [0, 0.05) is 54.2 Å². The van der Waals surface area contributed by atoms with Crippen molar-refractivity contribution in [2.45, 2.75) is 117 Å². The topological polar surface area (TPSA) is 224 Å². The fraction of sp³-hybridized carbons (Fsp3) is 0.606. The lowest BCUT2D eigenvalue weighted by molar-refractivity contribution is -0.318. The minimum Gasteiger partial charge on any atom is -0.463 e. The molecule has 1 unspecified atom stereocenters. The van der Waals surface area contributed by atoms with Crippen LogP contribution in [0.25, 0.3) is 0 Å². The predicted molar refractivity (Wildman–Crippen MR) is 168 cm³/mol. The van der Waals surface area contributed by atoms with E-state index in [0.29, 0.717) is 5.69 Å². The summed E-state index contributed by atoms with van der Waals surface area (Å²) in [5.41, 5.74) is 1.47. The Morgan fingerprint density at radius 1 is 0.529 bits per heavy atom. The van der Waals surface area contributed by atoms with E-state index in [1.54, 1.807) is 12.1 Å². The van der Waals surface area contributed by atoms with Crippen molar-refractivity contribution in [1.82, 2.24) is 0 Å². The third kappa shape index (κ3) is 12.2. The number of hydrogen-bond donors (Lipinski definition) is 1. The highest BCUT2D eigenvalue weighted by Crippen LogP contribution is 2.33. The number of hydrogen-bond acceptors (Lipinski definition) is 18. The van der Waals surface area contributed by atoms with Gasteiger partial charge in [0.15, 0.2) is 49.1 Å². The van der Waals surface area contributed by atoms with Crippen LogP contribution < -0.4 is 5.32 Å². The van der Waals surface area contributed by atoms with E-state index in [0.717, 1.165) is 54.0 Å². The summed E-state index contributed by atoms with van der Waals surface area (Å²) in [7, 11) is 0. The monoisotopic (exact) mass is 725 g/mol. The van der Waals surface area contributed by atoms with Crippen LogP contribution in [0, 0.1) is 6.92 Å². The number of rotatable bonds is 13. The number of esters is 7. The quantitative estimate of drug-likeness (QED) is 0.221. The fourth-order valence-corrected chi connectivity index (χ4v) is 5.47. The maximum absolute atomic E-state index is 12.3. The lowest BCUT2D eigenvalue weighted by atomic mass is 9.96. The maximum Gasteiger partial charge on any atom is 0.303 e. The van der Waals surface area contributed by atoms with Gasteiger partial charge >= 0.3 is 41.8 Å². The molecule has 0 amide bonds. The highest BCUT2D eigenvalue weighted by atomic mass is 16.7. The number of carbonyl (C=O) groups is 7. The molecule has 2 aliphatic rings. The van der Waals surface area contributed by atoms with E-state index in [9.17, 15) is 33.6 Å². The largest absolute Gasteiger partial charge is 0.463 e. The first-order valence-electron chi connectivity index (χ1n) is 15.9. The second-order valence-corrected chi connectivity index (χ2v) is 11.7. The maximum atomic E-state index is 12.3. The van der Waals surface area contributed by atoms with Gasteiger partial charge in [0.25, 0.3) is 0 Å². The molecule has 1 aromatic rings. The lowest BCUT2D eigenvalue weighted by Crippen LogP contribution is -2.65. The van der Waals surface area contributed by atoms with E-state index >= 15 is 0 Å². The molecule has 0 aliphatic carbocycles. The molecule has 51 heavy (non-hydrogen) atoms. The second-order valence-electron chi connectivity index (χ2n) is 11.7. The average molecular weight is 726 g/mol. The Morgan fingerprint density at radius 3 is 1.41 bits per heavy atom. The van der Waals surface area contributed by atoms with Gasteiger partial charge in [-0.15, -0.1) is 0 Å². The van der Waals surface area contributed by atoms with Crippen molar-refractivity contribution < 1.29 is 80.9 Å². The van der Waals surface area contributed by atoms with Crippen LogP contribution in [-0.4, -0.2) is 116 Å². The van der Waals surface area contributed by atoms with Crippen LogP contribution in [0.1, 0.15) is 54.0 Å². The summed E-state index contributed by atoms with van der Waals surface area (Å²) in [4.78, 5) is 85.2. The van der Waals surface area contributed by atoms with Gasteiger partial charge in [-0.1, -0.05) is 17.7 Å². The third-order valence-electron chi connectivity index (χ3n) is 7.27. The molecule has 282 valence electrons. The minimum absolute atomic E-state index is 0.505. The molecular weight excluding hydrogens is 682 g/mol. The Labute approximate surface area is 293 Å². The van der Waals surface area contributed by atoms with E-state index in [2.05, 4.69) is 5.32 Å². The number of nitrogens with one attached hydrogen (secondary N) is 1. The van der Waals surface area contributed by atoms with E-state index < -0.39 is 116 Å². The molecule has 1 aromatic carbocycles. The van der Waals surface area contributed by atoms with Gasteiger partial charge in [0.05, 0.1) is 6.61 Å². The average Bonchev–Trinajstić information content (AvgIpc) is 3.00. The van der Waals surface area contributed by atoms with Crippen molar-refractivity contribution >= 4 is 47.5 Å². The molecule has 18 nitrogen and oxygen atoms in total. The number of ether oxygens (including phenoxy) is 10. The van der Waals surface area contributed by atoms with Crippen LogP contribution in [0.2, 0.25) is 0 Å². The summed E-state index contributed by atoms with van der Waals surface area (Å²) in [5.74, 6) is -5.62. The van der Waals surface area contributed by atoms with Crippen LogP contribution in [0.3, 0.4) is 0 Å². The van der Waals surface area contributed by atoms with E-state index in [4.69, 9.17) is 47.4 Å². The van der Waals surface area contributed by atoms with Crippen LogP contribution >= 0.6 is 0 Å². The second kappa shape index (κ2) is 18.4. The van der Waals surface area contributed by atoms with Gasteiger partial charge in [-0.25, -0.2) is 0 Å². The highest BCUT2D eigenvalue weighted by molar-refractivity contribution is 5.70. The van der Waals surface area contributed by atoms with Gasteiger partial charge in [0.1, 0.15) is 18.8 Å². The zero-order chi connectivity index (χ0) is 38.0. The Balaban J connectivity index is 2.06. The molecule has 0 saturated carbocycles. The number of carbonyl (C=O) groups excluding carboxylic acids is 7. The van der Waals surface area contributed by atoms with E-state index in [1.165, 1.54) is 0 Å². The molecule has 0 bridgehead atoms. The van der Waals surface area contributed by atoms with E-state index in [1.807, 2.05) is 19.1 Å². The third-order valence-corrected chi connectivity index (χ3v) is 7.27.